The lowest BCUT2D eigenvalue weighted by Crippen LogP contribution is -2.58. The zero-order chi connectivity index (χ0) is 20.2. The van der Waals surface area contributed by atoms with E-state index in [1.54, 1.807) is 0 Å². The summed E-state index contributed by atoms with van der Waals surface area (Å²) in [5.41, 5.74) is 0. The zero-order valence-corrected chi connectivity index (χ0v) is 16.7. The summed E-state index contributed by atoms with van der Waals surface area (Å²) in [5.74, 6) is -1.46. The lowest BCUT2D eigenvalue weighted by Gasteiger charge is -2.40. The number of carbonyl (C=O) groups is 3. The van der Waals surface area contributed by atoms with Crippen molar-refractivity contribution in [2.45, 2.75) is 84.2 Å². The fourth-order valence-corrected chi connectivity index (χ4v) is 2.95. The van der Waals surface area contributed by atoms with Crippen molar-refractivity contribution in [3.8, 4) is 0 Å². The molecule has 0 spiro atoms. The molecule has 1 heterocycles. The Hall–Kier alpha value is -1.67. The summed E-state index contributed by atoms with van der Waals surface area (Å²) in [6.45, 7) is 6.45. The summed E-state index contributed by atoms with van der Waals surface area (Å²) < 4.78 is 27.3. The number of rotatable bonds is 11. The molecule has 1 saturated heterocycles. The van der Waals surface area contributed by atoms with Crippen LogP contribution in [0.3, 0.4) is 0 Å². The van der Waals surface area contributed by atoms with Crippen LogP contribution in [0.5, 0.6) is 0 Å². The molecule has 8 nitrogen and oxygen atoms in total. The summed E-state index contributed by atoms with van der Waals surface area (Å²) in [6, 6.07) is 0. The van der Waals surface area contributed by atoms with Crippen molar-refractivity contribution in [1.82, 2.24) is 0 Å². The van der Waals surface area contributed by atoms with Crippen molar-refractivity contribution in [3.63, 3.8) is 0 Å². The molecule has 0 aromatic rings. The largest absolute Gasteiger partial charge is 0.463 e. The van der Waals surface area contributed by atoms with Crippen LogP contribution >= 0.6 is 0 Å². The molecule has 1 fully saturated rings. The van der Waals surface area contributed by atoms with Gasteiger partial charge < -0.3 is 23.7 Å². The van der Waals surface area contributed by atoms with Gasteiger partial charge in [0.2, 0.25) is 0 Å². The minimum atomic E-state index is -0.823. The number of hydrogen-bond donors (Lipinski definition) is 0. The maximum absolute atomic E-state index is 11.6. The van der Waals surface area contributed by atoms with Crippen molar-refractivity contribution in [2.75, 3.05) is 19.8 Å². The molecular formula is C19H32O8. The van der Waals surface area contributed by atoms with Crippen LogP contribution in [0, 0.1) is 0 Å². The predicted octanol–water partition coefficient (Wildman–Crippen LogP) is 2.17. The van der Waals surface area contributed by atoms with Gasteiger partial charge in [0.15, 0.2) is 12.2 Å². The van der Waals surface area contributed by atoms with E-state index in [4.69, 9.17) is 23.7 Å². The molecule has 156 valence electrons. The third-order valence-corrected chi connectivity index (χ3v) is 4.16. The second-order valence-corrected chi connectivity index (χ2v) is 6.65. The van der Waals surface area contributed by atoms with Crippen LogP contribution in [0.2, 0.25) is 0 Å². The van der Waals surface area contributed by atoms with Crippen LogP contribution in [0.25, 0.3) is 0 Å². The second kappa shape index (κ2) is 12.7. The molecular weight excluding hydrogens is 356 g/mol. The molecule has 1 aliphatic heterocycles. The fourth-order valence-electron chi connectivity index (χ4n) is 2.95. The molecule has 4 atom stereocenters. The van der Waals surface area contributed by atoms with E-state index >= 15 is 0 Å². The Morgan fingerprint density at radius 2 is 1.56 bits per heavy atom. The Bertz CT molecular complexity index is 478. The summed E-state index contributed by atoms with van der Waals surface area (Å²) in [6.07, 6.45) is 2.43. The summed E-state index contributed by atoms with van der Waals surface area (Å²) in [7, 11) is 0. The fraction of sp³-hybridized carbons (Fsp3) is 0.842. The predicted molar refractivity (Wildman–Crippen MR) is 96.0 cm³/mol. The van der Waals surface area contributed by atoms with Gasteiger partial charge in [-0.15, -0.1) is 0 Å². The molecule has 0 saturated carbocycles. The van der Waals surface area contributed by atoms with Gasteiger partial charge in [-0.05, 0) is 6.42 Å². The quantitative estimate of drug-likeness (QED) is 0.302. The number of hydrogen-bond acceptors (Lipinski definition) is 8. The first-order valence-corrected chi connectivity index (χ1v) is 9.56. The van der Waals surface area contributed by atoms with E-state index in [2.05, 4.69) is 6.92 Å². The first-order chi connectivity index (χ1) is 12.8. The third-order valence-electron chi connectivity index (χ3n) is 4.16. The van der Waals surface area contributed by atoms with Crippen LogP contribution in [0.4, 0.5) is 0 Å². The minimum absolute atomic E-state index is 0.0274. The van der Waals surface area contributed by atoms with Gasteiger partial charge >= 0.3 is 17.9 Å². The lowest BCUT2D eigenvalue weighted by molar-refractivity contribution is -0.233. The van der Waals surface area contributed by atoms with Gasteiger partial charge in [0.05, 0.1) is 6.61 Å². The second-order valence-electron chi connectivity index (χ2n) is 6.65. The minimum Gasteiger partial charge on any atom is -0.463 e. The highest BCUT2D eigenvalue weighted by atomic mass is 16.6. The van der Waals surface area contributed by atoms with Crippen LogP contribution in [-0.4, -0.2) is 62.1 Å². The van der Waals surface area contributed by atoms with Crippen LogP contribution < -0.4 is 0 Å². The highest BCUT2D eigenvalue weighted by molar-refractivity contribution is 5.67. The molecule has 0 bridgehead atoms. The molecule has 27 heavy (non-hydrogen) atoms. The van der Waals surface area contributed by atoms with Crippen LogP contribution in [0.1, 0.15) is 59.8 Å². The van der Waals surface area contributed by atoms with E-state index in [1.807, 2.05) is 0 Å². The molecule has 0 aromatic carbocycles. The Kier molecular flexibility index (Phi) is 11.0. The van der Waals surface area contributed by atoms with Gasteiger partial charge in [-0.3, -0.25) is 14.4 Å². The summed E-state index contributed by atoms with van der Waals surface area (Å²) in [4.78, 5) is 34.1. The van der Waals surface area contributed by atoms with Crippen molar-refractivity contribution in [3.05, 3.63) is 0 Å². The van der Waals surface area contributed by atoms with Crippen LogP contribution in [0.15, 0.2) is 0 Å². The SMILES string of the molecule is CCCCCCCOC1C(COC(C)=O)OCC(OC(C)=O)C1OC(C)=O. The zero-order valence-electron chi connectivity index (χ0n) is 16.7. The number of unbranched alkanes of at least 4 members (excludes halogenated alkanes) is 4. The highest BCUT2D eigenvalue weighted by Crippen LogP contribution is 2.25. The van der Waals surface area contributed by atoms with Gasteiger partial charge in [0.1, 0.15) is 18.8 Å². The van der Waals surface area contributed by atoms with Gasteiger partial charge in [0.25, 0.3) is 0 Å². The number of carbonyl (C=O) groups excluding carboxylic acids is 3. The number of esters is 3. The maximum Gasteiger partial charge on any atom is 0.303 e. The van der Waals surface area contributed by atoms with Gasteiger partial charge in [0, 0.05) is 27.4 Å². The third kappa shape index (κ3) is 9.19. The average molecular weight is 388 g/mol. The molecule has 0 aliphatic carbocycles. The molecule has 0 amide bonds. The van der Waals surface area contributed by atoms with E-state index in [-0.39, 0.29) is 13.2 Å². The van der Waals surface area contributed by atoms with Gasteiger partial charge in [-0.1, -0.05) is 32.6 Å². The van der Waals surface area contributed by atoms with Crippen molar-refractivity contribution in [1.29, 1.82) is 0 Å². The monoisotopic (exact) mass is 388 g/mol. The topological polar surface area (TPSA) is 97.4 Å². The normalized spacial score (nSPS) is 24.9. The average Bonchev–Trinajstić information content (AvgIpc) is 2.58. The summed E-state index contributed by atoms with van der Waals surface area (Å²) in [5, 5.41) is 0. The van der Waals surface area contributed by atoms with Gasteiger partial charge in [-0.2, -0.15) is 0 Å². The first-order valence-electron chi connectivity index (χ1n) is 9.56. The first kappa shape index (κ1) is 23.4. The lowest BCUT2D eigenvalue weighted by atomic mass is 9.99. The maximum atomic E-state index is 11.6. The number of ether oxygens (including phenoxy) is 5. The van der Waals surface area contributed by atoms with Crippen LogP contribution in [-0.2, 0) is 38.1 Å². The molecule has 0 N–H and O–H groups in total. The smallest absolute Gasteiger partial charge is 0.303 e. The molecule has 0 radical (unpaired) electrons. The Morgan fingerprint density at radius 3 is 2.15 bits per heavy atom. The Balaban J connectivity index is 2.79. The van der Waals surface area contributed by atoms with E-state index in [9.17, 15) is 14.4 Å². The standard InChI is InChI=1S/C19H32O8/c1-5-6-7-8-9-10-23-18-16(11-24-13(2)20)25-12-17(26-14(3)21)19(18)27-15(4)22/h16-19H,5-12H2,1-4H3. The van der Waals surface area contributed by atoms with Crippen molar-refractivity contribution < 1.29 is 38.1 Å². The highest BCUT2D eigenvalue weighted by Gasteiger charge is 2.45. The molecule has 8 heteroatoms. The van der Waals surface area contributed by atoms with E-state index in [0.29, 0.717) is 6.61 Å². The Morgan fingerprint density at radius 1 is 0.889 bits per heavy atom. The van der Waals surface area contributed by atoms with Crippen molar-refractivity contribution >= 4 is 17.9 Å². The molecule has 4 unspecified atom stereocenters. The van der Waals surface area contributed by atoms with E-state index in [0.717, 1.165) is 25.7 Å². The van der Waals surface area contributed by atoms with Crippen molar-refractivity contribution in [2.24, 2.45) is 0 Å². The van der Waals surface area contributed by atoms with Gasteiger partial charge in [-0.25, -0.2) is 0 Å². The summed E-state index contributed by atoms with van der Waals surface area (Å²) >= 11 is 0. The molecule has 0 aromatic heterocycles. The Labute approximate surface area is 160 Å². The van der Waals surface area contributed by atoms with E-state index in [1.165, 1.54) is 27.2 Å². The molecule has 1 rings (SSSR count). The van der Waals surface area contributed by atoms with E-state index < -0.39 is 42.3 Å². The molecule has 1 aliphatic rings.